The van der Waals surface area contributed by atoms with Crippen molar-refractivity contribution in [3.8, 4) is 0 Å². The molecule has 5 heteroatoms. The lowest BCUT2D eigenvalue weighted by molar-refractivity contribution is -0.120. The van der Waals surface area contributed by atoms with Gasteiger partial charge in [-0.15, -0.1) is 0 Å². The Balaban J connectivity index is 2.14. The molecule has 1 aromatic rings. The van der Waals surface area contributed by atoms with Crippen molar-refractivity contribution in [3.63, 3.8) is 0 Å². The topological polar surface area (TPSA) is 50.4 Å². The monoisotopic (exact) mass is 314 g/mol. The first-order chi connectivity index (χ1) is 8.72. The van der Waals surface area contributed by atoms with Gasteiger partial charge in [0.25, 0.3) is 0 Å². The van der Waals surface area contributed by atoms with E-state index in [0.29, 0.717) is 19.6 Å². The van der Waals surface area contributed by atoms with Crippen molar-refractivity contribution in [3.05, 3.63) is 34.3 Å². The average molecular weight is 315 g/mol. The van der Waals surface area contributed by atoms with Gasteiger partial charge in [-0.3, -0.25) is 4.79 Å². The predicted molar refractivity (Wildman–Crippen MR) is 75.6 cm³/mol. The van der Waals surface area contributed by atoms with Crippen molar-refractivity contribution < 1.29 is 9.53 Å². The summed E-state index contributed by atoms with van der Waals surface area (Å²) in [5.74, 6) is 0.0432. The van der Waals surface area contributed by atoms with Gasteiger partial charge in [0.2, 0.25) is 5.91 Å². The highest BCUT2D eigenvalue weighted by Crippen LogP contribution is 2.11. The van der Waals surface area contributed by atoms with Gasteiger partial charge >= 0.3 is 0 Å². The van der Waals surface area contributed by atoms with E-state index in [2.05, 4.69) is 26.6 Å². The van der Waals surface area contributed by atoms with Crippen molar-refractivity contribution in [1.29, 1.82) is 0 Å². The van der Waals surface area contributed by atoms with Crippen LogP contribution in [0, 0.1) is 0 Å². The van der Waals surface area contributed by atoms with Gasteiger partial charge in [-0.05, 0) is 17.7 Å². The van der Waals surface area contributed by atoms with Crippen molar-refractivity contribution in [2.45, 2.75) is 6.42 Å². The minimum absolute atomic E-state index is 0.0432. The van der Waals surface area contributed by atoms with Crippen LogP contribution < -0.4 is 10.6 Å². The minimum Gasteiger partial charge on any atom is -0.383 e. The molecule has 18 heavy (non-hydrogen) atoms. The van der Waals surface area contributed by atoms with Gasteiger partial charge in [0, 0.05) is 31.2 Å². The van der Waals surface area contributed by atoms with Gasteiger partial charge in [-0.2, -0.15) is 0 Å². The molecule has 0 saturated heterocycles. The van der Waals surface area contributed by atoms with E-state index < -0.39 is 0 Å². The number of ether oxygens (including phenoxy) is 1. The molecule has 100 valence electrons. The first-order valence-electron chi connectivity index (χ1n) is 5.93. The molecule has 4 nitrogen and oxygen atoms in total. The van der Waals surface area contributed by atoms with Crippen LogP contribution in [0.25, 0.3) is 0 Å². The van der Waals surface area contributed by atoms with Gasteiger partial charge in [0.1, 0.15) is 0 Å². The Bertz CT molecular complexity index is 372. The summed E-state index contributed by atoms with van der Waals surface area (Å²) in [6.45, 7) is 2.88. The van der Waals surface area contributed by atoms with Crippen molar-refractivity contribution in [2.75, 3.05) is 33.4 Å². The number of benzene rings is 1. The summed E-state index contributed by atoms with van der Waals surface area (Å²) in [5.41, 5.74) is 1.01. The van der Waals surface area contributed by atoms with E-state index in [4.69, 9.17) is 4.74 Å². The van der Waals surface area contributed by atoms with Crippen molar-refractivity contribution in [1.82, 2.24) is 10.6 Å². The van der Waals surface area contributed by atoms with Crippen LogP contribution >= 0.6 is 15.9 Å². The molecular formula is C13H19BrN2O2. The van der Waals surface area contributed by atoms with E-state index in [1.807, 2.05) is 24.3 Å². The minimum atomic E-state index is 0.0432. The summed E-state index contributed by atoms with van der Waals surface area (Å²) >= 11 is 3.39. The first kappa shape index (κ1) is 15.1. The molecule has 0 heterocycles. The zero-order valence-electron chi connectivity index (χ0n) is 10.5. The zero-order valence-corrected chi connectivity index (χ0v) is 12.1. The summed E-state index contributed by atoms with van der Waals surface area (Å²) in [7, 11) is 1.67. The number of amides is 1. The maximum Gasteiger partial charge on any atom is 0.224 e. The fourth-order valence-corrected chi connectivity index (χ4v) is 1.93. The first-order valence-corrected chi connectivity index (χ1v) is 6.72. The highest BCUT2D eigenvalue weighted by molar-refractivity contribution is 9.10. The average Bonchev–Trinajstić information content (AvgIpc) is 2.33. The van der Waals surface area contributed by atoms with Crippen LogP contribution in [0.4, 0.5) is 0 Å². The lowest BCUT2D eigenvalue weighted by Crippen LogP contribution is -2.33. The zero-order chi connectivity index (χ0) is 13.2. The Morgan fingerprint density at radius 1 is 1.33 bits per heavy atom. The molecule has 2 N–H and O–H groups in total. The van der Waals surface area contributed by atoms with E-state index in [0.717, 1.165) is 23.1 Å². The fourth-order valence-electron chi connectivity index (χ4n) is 1.48. The second-order valence-electron chi connectivity index (χ2n) is 3.90. The quantitative estimate of drug-likeness (QED) is 0.712. The number of rotatable bonds is 8. The normalized spacial score (nSPS) is 10.3. The Labute approximate surface area is 116 Å². The summed E-state index contributed by atoms with van der Waals surface area (Å²) in [4.78, 5) is 11.6. The Kier molecular flexibility index (Phi) is 7.64. The van der Waals surface area contributed by atoms with Crippen LogP contribution in [-0.4, -0.2) is 39.3 Å². The van der Waals surface area contributed by atoms with Gasteiger partial charge < -0.3 is 15.4 Å². The third kappa shape index (κ3) is 6.74. The molecule has 0 saturated carbocycles. The Morgan fingerprint density at radius 2 is 2.17 bits per heavy atom. The Morgan fingerprint density at radius 3 is 2.89 bits per heavy atom. The summed E-state index contributed by atoms with van der Waals surface area (Å²) in [6.07, 6.45) is 0.414. The lowest BCUT2D eigenvalue weighted by Gasteiger charge is -2.07. The smallest absolute Gasteiger partial charge is 0.224 e. The molecule has 0 radical (unpaired) electrons. The number of hydrogen-bond donors (Lipinski definition) is 2. The third-order valence-electron chi connectivity index (χ3n) is 2.36. The molecule has 0 aliphatic heterocycles. The van der Waals surface area contributed by atoms with Crippen LogP contribution in [0.1, 0.15) is 5.56 Å². The maximum absolute atomic E-state index is 11.6. The fraction of sp³-hybridized carbons (Fsp3) is 0.462. The molecule has 1 rings (SSSR count). The van der Waals surface area contributed by atoms with Crippen LogP contribution in [-0.2, 0) is 16.0 Å². The molecule has 0 fully saturated rings. The lowest BCUT2D eigenvalue weighted by atomic mass is 10.1. The number of nitrogens with one attached hydrogen (secondary N) is 2. The van der Waals surface area contributed by atoms with E-state index in [1.165, 1.54) is 0 Å². The van der Waals surface area contributed by atoms with Crippen molar-refractivity contribution in [2.24, 2.45) is 0 Å². The second kappa shape index (κ2) is 9.08. The molecule has 0 atom stereocenters. The number of hydrogen-bond acceptors (Lipinski definition) is 3. The van der Waals surface area contributed by atoms with Gasteiger partial charge in [0.05, 0.1) is 13.0 Å². The van der Waals surface area contributed by atoms with E-state index in [-0.39, 0.29) is 5.91 Å². The highest BCUT2D eigenvalue weighted by Gasteiger charge is 2.02. The summed E-state index contributed by atoms with van der Waals surface area (Å²) in [5, 5.41) is 6.04. The maximum atomic E-state index is 11.6. The number of methoxy groups -OCH3 is 1. The van der Waals surface area contributed by atoms with E-state index in [1.54, 1.807) is 7.11 Å². The van der Waals surface area contributed by atoms with E-state index in [9.17, 15) is 4.79 Å². The molecule has 0 aliphatic carbocycles. The van der Waals surface area contributed by atoms with Gasteiger partial charge in [0.15, 0.2) is 0 Å². The largest absolute Gasteiger partial charge is 0.383 e. The number of carbonyl (C=O) groups excluding carboxylic acids is 1. The molecule has 1 amide bonds. The van der Waals surface area contributed by atoms with Gasteiger partial charge in [-0.1, -0.05) is 28.1 Å². The highest BCUT2D eigenvalue weighted by atomic mass is 79.9. The number of halogens is 1. The number of carbonyl (C=O) groups is 1. The SMILES string of the molecule is COCCNCCNC(=O)Cc1cccc(Br)c1. The second-order valence-corrected chi connectivity index (χ2v) is 4.82. The summed E-state index contributed by atoms with van der Waals surface area (Å²) in [6, 6.07) is 7.78. The van der Waals surface area contributed by atoms with Crippen LogP contribution in [0.2, 0.25) is 0 Å². The molecule has 0 unspecified atom stereocenters. The summed E-state index contributed by atoms with van der Waals surface area (Å²) < 4.78 is 5.90. The van der Waals surface area contributed by atoms with Crippen LogP contribution in [0.5, 0.6) is 0 Å². The van der Waals surface area contributed by atoms with Crippen LogP contribution in [0.3, 0.4) is 0 Å². The molecule has 0 aliphatic rings. The third-order valence-corrected chi connectivity index (χ3v) is 2.85. The molecule has 1 aromatic carbocycles. The molecule has 0 bridgehead atoms. The standard InChI is InChI=1S/C13H19BrN2O2/c1-18-8-7-15-5-6-16-13(17)10-11-3-2-4-12(14)9-11/h2-4,9,15H,5-8,10H2,1H3,(H,16,17). The Hall–Kier alpha value is -0.910. The van der Waals surface area contributed by atoms with Crippen LogP contribution in [0.15, 0.2) is 28.7 Å². The van der Waals surface area contributed by atoms with Gasteiger partial charge in [-0.25, -0.2) is 0 Å². The molecule has 0 spiro atoms. The molecular weight excluding hydrogens is 296 g/mol. The predicted octanol–water partition coefficient (Wildman–Crippen LogP) is 1.34. The molecule has 0 aromatic heterocycles. The van der Waals surface area contributed by atoms with E-state index >= 15 is 0 Å². The van der Waals surface area contributed by atoms with Crippen molar-refractivity contribution >= 4 is 21.8 Å².